The van der Waals surface area contributed by atoms with Crippen LogP contribution in [0.15, 0.2) is 24.4 Å². The average molecular weight is 647 g/mol. The predicted octanol–water partition coefficient (Wildman–Crippen LogP) is 3.30. The van der Waals surface area contributed by atoms with E-state index < -0.39 is 34.1 Å². The Balaban J connectivity index is 0.000000384. The molecule has 0 aromatic carbocycles. The number of nitrogens with zero attached hydrogens (tertiary/aromatic N) is 4. The van der Waals surface area contributed by atoms with Crippen molar-refractivity contribution >= 4 is 33.3 Å². The van der Waals surface area contributed by atoms with E-state index in [1.54, 1.807) is 0 Å². The first-order chi connectivity index (χ1) is 19.7. The summed E-state index contributed by atoms with van der Waals surface area (Å²) < 4.78 is 88.9. The van der Waals surface area contributed by atoms with Gasteiger partial charge in [0, 0.05) is 49.7 Å². The SMILES string of the molecule is Cc1c(CN2CCCC3(CCC(=O)N3CCS(C)(=O)=O)CC2)nc2ccccn12.O=C(O)C(F)(F)F.O=C(O)C(F)(F)F. The van der Waals surface area contributed by atoms with Gasteiger partial charge in [-0.15, -0.1) is 0 Å². The van der Waals surface area contributed by atoms with Crippen molar-refractivity contribution in [2.75, 3.05) is 31.6 Å². The number of aliphatic carboxylic acids is 2. The van der Waals surface area contributed by atoms with Gasteiger partial charge in [0.25, 0.3) is 0 Å². The van der Waals surface area contributed by atoms with Crippen molar-refractivity contribution in [2.24, 2.45) is 0 Å². The van der Waals surface area contributed by atoms with Crippen LogP contribution in [0.5, 0.6) is 0 Å². The summed E-state index contributed by atoms with van der Waals surface area (Å²) in [7, 11) is -3.08. The van der Waals surface area contributed by atoms with E-state index in [0.29, 0.717) is 13.0 Å². The van der Waals surface area contributed by atoms with Gasteiger partial charge in [-0.2, -0.15) is 26.3 Å². The first-order valence-corrected chi connectivity index (χ1v) is 15.0. The molecule has 2 saturated heterocycles. The Bertz CT molecular complexity index is 1390. The summed E-state index contributed by atoms with van der Waals surface area (Å²) in [6.07, 6.45) is -2.64. The summed E-state index contributed by atoms with van der Waals surface area (Å²) in [5.74, 6) is -5.36. The largest absolute Gasteiger partial charge is 0.490 e. The molecule has 2 fully saturated rings. The molecule has 4 heterocycles. The molecule has 2 aliphatic rings. The molecular weight excluding hydrogens is 614 g/mol. The van der Waals surface area contributed by atoms with Crippen LogP contribution in [0.2, 0.25) is 0 Å². The Hall–Kier alpha value is -3.41. The van der Waals surface area contributed by atoms with Gasteiger partial charge in [-0.05, 0) is 51.3 Å². The Morgan fingerprint density at radius 1 is 1.00 bits per heavy atom. The normalized spacial score (nSPS) is 19.8. The van der Waals surface area contributed by atoms with Crippen LogP contribution in [0.3, 0.4) is 0 Å². The monoisotopic (exact) mass is 646 g/mol. The minimum absolute atomic E-state index is 0.0463. The molecule has 0 saturated carbocycles. The second kappa shape index (κ2) is 13.9. The molecule has 18 heteroatoms. The van der Waals surface area contributed by atoms with Crippen molar-refractivity contribution in [3.63, 3.8) is 0 Å². The van der Waals surface area contributed by atoms with E-state index in [2.05, 4.69) is 16.2 Å². The molecule has 11 nitrogen and oxygen atoms in total. The first-order valence-electron chi connectivity index (χ1n) is 12.9. The number of rotatable bonds is 5. The maximum Gasteiger partial charge on any atom is 0.490 e. The summed E-state index contributed by atoms with van der Waals surface area (Å²) in [6.45, 7) is 5.11. The molecule has 2 aromatic heterocycles. The third kappa shape index (κ3) is 10.4. The van der Waals surface area contributed by atoms with Crippen LogP contribution in [-0.2, 0) is 30.8 Å². The Morgan fingerprint density at radius 3 is 2.09 bits per heavy atom. The second-order valence-corrected chi connectivity index (χ2v) is 12.5. The Kier molecular flexibility index (Phi) is 11.6. The minimum Gasteiger partial charge on any atom is -0.475 e. The van der Waals surface area contributed by atoms with Gasteiger partial charge in [0.1, 0.15) is 15.5 Å². The third-order valence-corrected chi connectivity index (χ3v) is 8.02. The predicted molar refractivity (Wildman–Crippen MR) is 140 cm³/mol. The number of aromatic nitrogens is 2. The lowest BCUT2D eigenvalue weighted by Gasteiger charge is -2.38. The van der Waals surface area contributed by atoms with E-state index >= 15 is 0 Å². The fourth-order valence-electron chi connectivity index (χ4n) is 4.93. The minimum atomic E-state index is -5.08. The van der Waals surface area contributed by atoms with E-state index in [0.717, 1.165) is 56.7 Å². The van der Waals surface area contributed by atoms with Gasteiger partial charge >= 0.3 is 24.3 Å². The van der Waals surface area contributed by atoms with Crippen LogP contribution >= 0.6 is 0 Å². The summed E-state index contributed by atoms with van der Waals surface area (Å²) in [6, 6.07) is 6.05. The van der Waals surface area contributed by atoms with E-state index in [1.807, 2.05) is 29.3 Å². The number of halogens is 6. The van der Waals surface area contributed by atoms with Gasteiger partial charge in [-0.3, -0.25) is 9.69 Å². The molecule has 2 aromatic rings. The molecule has 0 radical (unpaired) electrons. The molecule has 242 valence electrons. The lowest BCUT2D eigenvalue weighted by Crippen LogP contribution is -2.48. The maximum absolute atomic E-state index is 12.5. The number of pyridine rings is 1. The maximum atomic E-state index is 12.5. The van der Waals surface area contributed by atoms with Crippen LogP contribution in [0, 0.1) is 6.92 Å². The molecule has 1 atom stereocenters. The van der Waals surface area contributed by atoms with Crippen LogP contribution in [0.4, 0.5) is 26.3 Å². The number of carbonyl (C=O) groups is 3. The molecule has 1 spiro atoms. The number of carbonyl (C=O) groups excluding carboxylic acids is 1. The van der Waals surface area contributed by atoms with Gasteiger partial charge in [-0.25, -0.2) is 23.0 Å². The number of carboxylic acids is 2. The Labute approximate surface area is 243 Å². The van der Waals surface area contributed by atoms with Gasteiger partial charge in [0.05, 0.1) is 11.4 Å². The number of aryl methyl sites for hydroxylation is 1. The zero-order chi connectivity index (χ0) is 32.8. The smallest absolute Gasteiger partial charge is 0.475 e. The van der Waals surface area contributed by atoms with Crippen molar-refractivity contribution in [2.45, 2.75) is 63.5 Å². The lowest BCUT2D eigenvalue weighted by molar-refractivity contribution is -0.193. The molecule has 2 aliphatic heterocycles. The summed E-state index contributed by atoms with van der Waals surface area (Å²) in [5, 5.41) is 14.2. The van der Waals surface area contributed by atoms with E-state index in [-0.39, 0.29) is 17.2 Å². The van der Waals surface area contributed by atoms with Crippen molar-refractivity contribution in [1.82, 2.24) is 19.2 Å². The number of sulfone groups is 1. The molecule has 2 N–H and O–H groups in total. The number of hydrogen-bond acceptors (Lipinski definition) is 7. The fraction of sp³-hybridized carbons (Fsp3) is 0.600. The molecular formula is C25H32F6N4O7S. The quantitative estimate of drug-likeness (QED) is 0.467. The first kappa shape index (κ1) is 35.8. The number of fused-ring (bicyclic) bond motifs is 1. The Morgan fingerprint density at radius 2 is 1.58 bits per heavy atom. The summed E-state index contributed by atoms with van der Waals surface area (Å²) in [4.78, 5) is 39.4. The van der Waals surface area contributed by atoms with Crippen molar-refractivity contribution in [1.29, 1.82) is 0 Å². The number of hydrogen-bond donors (Lipinski definition) is 2. The lowest BCUT2D eigenvalue weighted by atomic mass is 9.88. The van der Waals surface area contributed by atoms with Gasteiger partial charge in [0.15, 0.2) is 0 Å². The van der Waals surface area contributed by atoms with E-state index in [9.17, 15) is 39.6 Å². The third-order valence-electron chi connectivity index (χ3n) is 7.10. The molecule has 0 aliphatic carbocycles. The van der Waals surface area contributed by atoms with Crippen LogP contribution in [-0.4, -0.2) is 105 Å². The second-order valence-electron chi connectivity index (χ2n) is 10.2. The molecule has 1 amide bonds. The number of alkyl halides is 6. The molecule has 4 rings (SSSR count). The highest BCUT2D eigenvalue weighted by Gasteiger charge is 2.45. The summed E-state index contributed by atoms with van der Waals surface area (Å²) >= 11 is 0. The average Bonchev–Trinajstić information content (AvgIpc) is 3.26. The zero-order valence-corrected chi connectivity index (χ0v) is 24.1. The van der Waals surface area contributed by atoms with Crippen LogP contribution in [0.25, 0.3) is 5.65 Å². The number of imidazole rings is 1. The van der Waals surface area contributed by atoms with Gasteiger partial charge < -0.3 is 19.5 Å². The van der Waals surface area contributed by atoms with E-state index in [1.165, 1.54) is 11.9 Å². The van der Waals surface area contributed by atoms with Crippen molar-refractivity contribution < 1.29 is 59.4 Å². The molecule has 0 bridgehead atoms. The highest BCUT2D eigenvalue weighted by molar-refractivity contribution is 7.90. The van der Waals surface area contributed by atoms with Gasteiger partial charge in [0.2, 0.25) is 5.91 Å². The van der Waals surface area contributed by atoms with Crippen LogP contribution < -0.4 is 0 Å². The highest BCUT2D eigenvalue weighted by Crippen LogP contribution is 2.39. The van der Waals surface area contributed by atoms with E-state index in [4.69, 9.17) is 24.8 Å². The molecule has 43 heavy (non-hydrogen) atoms. The number of likely N-dealkylation sites (tertiary alicyclic amines) is 2. The number of amides is 1. The topological polar surface area (TPSA) is 150 Å². The van der Waals surface area contributed by atoms with Gasteiger partial charge in [-0.1, -0.05) is 6.07 Å². The van der Waals surface area contributed by atoms with Crippen molar-refractivity contribution in [3.8, 4) is 0 Å². The fourth-order valence-corrected chi connectivity index (χ4v) is 5.45. The van der Waals surface area contributed by atoms with Crippen molar-refractivity contribution in [3.05, 3.63) is 35.8 Å². The summed E-state index contributed by atoms with van der Waals surface area (Å²) in [5.41, 5.74) is 3.07. The standard InChI is InChI=1S/C21H30N4O3S.2C2HF3O2/c1-17-18(22-19-6-3-4-12-24(17)19)16-23-11-5-8-21(10-13-23)9-7-20(26)25(21)14-15-29(2,27)28;2*3-2(4,5)1(6)7/h3-4,6,12H,5,7-11,13-16H2,1-2H3;2*(H,6,7). The number of carboxylic acid groups (broad SMARTS) is 2. The zero-order valence-electron chi connectivity index (χ0n) is 23.3. The molecule has 1 unspecified atom stereocenters. The highest BCUT2D eigenvalue weighted by atomic mass is 32.2. The van der Waals surface area contributed by atoms with Crippen LogP contribution in [0.1, 0.15) is 43.5 Å².